The molecule has 0 aliphatic carbocycles. The van der Waals surface area contributed by atoms with Gasteiger partial charge in [-0.3, -0.25) is 4.79 Å². The largest absolute Gasteiger partial charge is 0.467 e. The van der Waals surface area contributed by atoms with Gasteiger partial charge in [-0.05, 0) is 30.0 Å². The predicted octanol–water partition coefficient (Wildman–Crippen LogP) is 4.22. The lowest BCUT2D eigenvalue weighted by molar-refractivity contribution is -0.145. The van der Waals surface area contributed by atoms with Crippen molar-refractivity contribution in [2.75, 3.05) is 7.11 Å². The first-order valence-electron chi connectivity index (χ1n) is 8.66. The van der Waals surface area contributed by atoms with E-state index in [-0.39, 0.29) is 11.8 Å². The second-order valence-electron chi connectivity index (χ2n) is 6.44. The van der Waals surface area contributed by atoms with Crippen LogP contribution in [-0.2, 0) is 14.3 Å². The van der Waals surface area contributed by atoms with Crippen molar-refractivity contribution in [2.24, 2.45) is 5.92 Å². The summed E-state index contributed by atoms with van der Waals surface area (Å²) in [6.45, 7) is 4.02. The van der Waals surface area contributed by atoms with Crippen LogP contribution in [0.2, 0.25) is 0 Å². The van der Waals surface area contributed by atoms with Gasteiger partial charge in [-0.1, -0.05) is 62.4 Å². The van der Waals surface area contributed by atoms with Gasteiger partial charge in [-0.2, -0.15) is 0 Å². The van der Waals surface area contributed by atoms with E-state index in [0.717, 1.165) is 10.5 Å². The number of hydrogen-bond donors (Lipinski definition) is 1. The molecule has 2 aromatic carbocycles. The first-order valence-corrected chi connectivity index (χ1v) is 9.54. The molecule has 0 spiro atoms. The van der Waals surface area contributed by atoms with Gasteiger partial charge in [-0.25, -0.2) is 4.79 Å². The Bertz CT molecular complexity index is 704. The van der Waals surface area contributed by atoms with E-state index in [0.29, 0.717) is 6.42 Å². The highest BCUT2D eigenvalue weighted by molar-refractivity contribution is 8.00. The fourth-order valence-electron chi connectivity index (χ4n) is 2.61. The number of hydrogen-bond acceptors (Lipinski definition) is 4. The van der Waals surface area contributed by atoms with Gasteiger partial charge in [0, 0.05) is 4.90 Å². The minimum Gasteiger partial charge on any atom is -0.467 e. The van der Waals surface area contributed by atoms with Crippen molar-refractivity contribution >= 4 is 23.6 Å². The maximum Gasteiger partial charge on any atom is 0.328 e. The Hall–Kier alpha value is -2.27. The first kappa shape index (κ1) is 20.0. The smallest absolute Gasteiger partial charge is 0.328 e. The molecular weight excluding hydrogens is 346 g/mol. The van der Waals surface area contributed by atoms with Crippen LogP contribution in [0.25, 0.3) is 0 Å². The summed E-state index contributed by atoms with van der Waals surface area (Å²) in [6, 6.07) is 18.7. The van der Waals surface area contributed by atoms with Gasteiger partial charge in [0.05, 0.1) is 7.11 Å². The van der Waals surface area contributed by atoms with Crippen molar-refractivity contribution in [3.05, 3.63) is 66.2 Å². The number of benzene rings is 2. The van der Waals surface area contributed by atoms with Crippen LogP contribution >= 0.6 is 11.8 Å². The standard InChI is InChI=1S/C21H25NO3S/c1-15(2)14-18(21(24)25-3)22-20(23)19(16-10-6-4-7-11-16)26-17-12-8-5-9-13-17/h4-13,15,18-19H,14H2,1-3H3,(H,22,23)/t18-,19-/m0/s1. The lowest BCUT2D eigenvalue weighted by Gasteiger charge is -2.22. The van der Waals surface area contributed by atoms with E-state index in [1.165, 1.54) is 18.9 Å². The molecule has 0 radical (unpaired) electrons. The summed E-state index contributed by atoms with van der Waals surface area (Å²) in [5, 5.41) is 2.44. The molecule has 0 aromatic heterocycles. The van der Waals surface area contributed by atoms with Crippen LogP contribution < -0.4 is 5.32 Å². The molecule has 2 atom stereocenters. The molecule has 1 amide bonds. The van der Waals surface area contributed by atoms with Crippen LogP contribution in [0.4, 0.5) is 0 Å². The normalized spacial score (nSPS) is 13.1. The molecule has 2 rings (SSSR count). The number of methoxy groups -OCH3 is 1. The first-order chi connectivity index (χ1) is 12.5. The third-order valence-electron chi connectivity index (χ3n) is 3.85. The van der Waals surface area contributed by atoms with Gasteiger partial charge < -0.3 is 10.1 Å². The van der Waals surface area contributed by atoms with Gasteiger partial charge in [0.15, 0.2) is 0 Å². The number of amides is 1. The quantitative estimate of drug-likeness (QED) is 0.557. The van der Waals surface area contributed by atoms with Crippen molar-refractivity contribution in [1.29, 1.82) is 0 Å². The van der Waals surface area contributed by atoms with Gasteiger partial charge in [0.25, 0.3) is 0 Å². The number of thioether (sulfide) groups is 1. The van der Waals surface area contributed by atoms with E-state index in [4.69, 9.17) is 4.74 Å². The summed E-state index contributed by atoms with van der Waals surface area (Å²) in [5.41, 5.74) is 0.895. The number of esters is 1. The minimum absolute atomic E-state index is 0.193. The third kappa shape index (κ3) is 5.92. The molecule has 26 heavy (non-hydrogen) atoms. The highest BCUT2D eigenvalue weighted by Gasteiger charge is 2.28. The van der Waals surface area contributed by atoms with E-state index in [2.05, 4.69) is 5.32 Å². The van der Waals surface area contributed by atoms with Crippen LogP contribution in [0.15, 0.2) is 65.6 Å². The van der Waals surface area contributed by atoms with Gasteiger partial charge in [0.1, 0.15) is 11.3 Å². The summed E-state index contributed by atoms with van der Waals surface area (Å²) >= 11 is 1.47. The number of rotatable bonds is 8. The summed E-state index contributed by atoms with van der Waals surface area (Å²) < 4.78 is 4.86. The van der Waals surface area contributed by atoms with Crippen LogP contribution in [0.5, 0.6) is 0 Å². The molecule has 0 unspecified atom stereocenters. The lowest BCUT2D eigenvalue weighted by Crippen LogP contribution is -2.44. The zero-order chi connectivity index (χ0) is 18.9. The molecule has 1 N–H and O–H groups in total. The van der Waals surface area contributed by atoms with Crippen molar-refractivity contribution < 1.29 is 14.3 Å². The Balaban J connectivity index is 2.23. The minimum atomic E-state index is -0.643. The molecule has 5 heteroatoms. The van der Waals surface area contributed by atoms with Crippen LogP contribution in [0.3, 0.4) is 0 Å². The van der Waals surface area contributed by atoms with Crippen LogP contribution in [0.1, 0.15) is 31.1 Å². The molecule has 0 saturated heterocycles. The summed E-state index contributed by atoms with van der Waals surface area (Å²) in [4.78, 5) is 26.1. The Morgan fingerprint density at radius 3 is 2.12 bits per heavy atom. The highest BCUT2D eigenvalue weighted by Crippen LogP contribution is 2.35. The monoisotopic (exact) mass is 371 g/mol. The van der Waals surface area contributed by atoms with Crippen molar-refractivity contribution in [3.63, 3.8) is 0 Å². The molecule has 2 aromatic rings. The van der Waals surface area contributed by atoms with Crippen molar-refractivity contribution in [1.82, 2.24) is 5.32 Å². The number of carbonyl (C=O) groups excluding carboxylic acids is 2. The van der Waals surface area contributed by atoms with E-state index in [9.17, 15) is 9.59 Å². The third-order valence-corrected chi connectivity index (χ3v) is 5.11. The molecule has 138 valence electrons. The molecule has 0 heterocycles. The van der Waals surface area contributed by atoms with Gasteiger partial charge in [-0.15, -0.1) is 11.8 Å². The zero-order valence-electron chi connectivity index (χ0n) is 15.3. The van der Waals surface area contributed by atoms with Crippen LogP contribution in [0, 0.1) is 5.92 Å². The average molecular weight is 372 g/mol. The second kappa shape index (κ2) is 10.0. The number of ether oxygens (including phenoxy) is 1. The SMILES string of the molecule is COC(=O)[C@H](CC(C)C)NC(=O)[C@@H](Sc1ccccc1)c1ccccc1. The maximum absolute atomic E-state index is 13.0. The summed E-state index contributed by atoms with van der Waals surface area (Å²) in [5.74, 6) is -0.346. The van der Waals surface area contributed by atoms with Crippen molar-refractivity contribution in [3.8, 4) is 0 Å². The maximum atomic E-state index is 13.0. The zero-order valence-corrected chi connectivity index (χ0v) is 16.2. The Labute approximate surface area is 159 Å². The van der Waals surface area contributed by atoms with Gasteiger partial charge >= 0.3 is 5.97 Å². The Kier molecular flexibility index (Phi) is 7.73. The lowest BCUT2D eigenvalue weighted by atomic mass is 10.0. The van der Waals surface area contributed by atoms with Crippen molar-refractivity contribution in [2.45, 2.75) is 36.5 Å². The van der Waals surface area contributed by atoms with E-state index >= 15 is 0 Å². The second-order valence-corrected chi connectivity index (χ2v) is 7.61. The predicted molar refractivity (Wildman–Crippen MR) is 105 cm³/mol. The number of carbonyl (C=O) groups is 2. The summed E-state index contributed by atoms with van der Waals surface area (Å²) in [6.07, 6.45) is 0.538. The Morgan fingerprint density at radius 2 is 1.58 bits per heavy atom. The Morgan fingerprint density at radius 1 is 1.00 bits per heavy atom. The molecule has 0 aliphatic heterocycles. The highest BCUT2D eigenvalue weighted by atomic mass is 32.2. The topological polar surface area (TPSA) is 55.4 Å². The van der Waals surface area contributed by atoms with E-state index < -0.39 is 17.3 Å². The average Bonchev–Trinajstić information content (AvgIpc) is 2.66. The molecule has 0 bridgehead atoms. The molecule has 0 saturated carbocycles. The molecular formula is C21H25NO3S. The fraction of sp³-hybridized carbons (Fsp3) is 0.333. The molecule has 0 fully saturated rings. The van der Waals surface area contributed by atoms with Gasteiger partial charge in [0.2, 0.25) is 5.91 Å². The molecule has 0 aliphatic rings. The fourth-order valence-corrected chi connectivity index (χ4v) is 3.67. The van der Waals surface area contributed by atoms with Crippen LogP contribution in [-0.4, -0.2) is 25.0 Å². The summed E-state index contributed by atoms with van der Waals surface area (Å²) in [7, 11) is 1.34. The number of nitrogens with one attached hydrogen (secondary N) is 1. The van der Waals surface area contributed by atoms with E-state index in [1.54, 1.807) is 0 Å². The van der Waals surface area contributed by atoms with E-state index in [1.807, 2.05) is 74.5 Å². The molecule has 4 nitrogen and oxygen atoms in total.